The van der Waals surface area contributed by atoms with Crippen LogP contribution in [0.4, 0.5) is 0 Å². The molecule has 190 valence electrons. The number of nitrogens with zero attached hydrogens (tertiary/aromatic N) is 2. The number of piperidine rings is 2. The average Bonchev–Trinajstić information content (AvgIpc) is 2.88. The molecule has 2 aromatic rings. The third-order valence-electron chi connectivity index (χ3n) is 7.13. The van der Waals surface area contributed by atoms with Crippen LogP contribution in [0.2, 0.25) is 5.02 Å². The Hall–Kier alpha value is -1.77. The van der Waals surface area contributed by atoms with Crippen molar-refractivity contribution in [3.63, 3.8) is 0 Å². The van der Waals surface area contributed by atoms with Crippen LogP contribution >= 0.6 is 11.6 Å². The Balaban J connectivity index is 1.42. The van der Waals surface area contributed by atoms with Gasteiger partial charge in [-0.2, -0.15) is 4.31 Å². The quantitative estimate of drug-likeness (QED) is 0.486. The van der Waals surface area contributed by atoms with Crippen LogP contribution in [0, 0.1) is 5.92 Å². The van der Waals surface area contributed by atoms with Crippen molar-refractivity contribution in [1.82, 2.24) is 14.5 Å². The first-order chi connectivity index (χ1) is 16.9. The van der Waals surface area contributed by atoms with Crippen LogP contribution in [0.25, 0.3) is 0 Å². The molecule has 2 heterocycles. The van der Waals surface area contributed by atoms with Gasteiger partial charge in [0.05, 0.1) is 11.4 Å². The van der Waals surface area contributed by atoms with Crippen LogP contribution in [-0.4, -0.2) is 62.7 Å². The maximum atomic E-state index is 13.2. The van der Waals surface area contributed by atoms with E-state index < -0.39 is 10.0 Å². The Morgan fingerprint density at radius 1 is 1.06 bits per heavy atom. The summed E-state index contributed by atoms with van der Waals surface area (Å²) in [6, 6.07) is 14.4. The normalized spacial score (nSPS) is 21.0. The van der Waals surface area contributed by atoms with Gasteiger partial charge in [0.2, 0.25) is 10.0 Å². The van der Waals surface area contributed by atoms with Gasteiger partial charge in [-0.05, 0) is 68.5 Å². The highest BCUT2D eigenvalue weighted by Gasteiger charge is 2.29. The lowest BCUT2D eigenvalue weighted by atomic mass is 10.0. The summed E-state index contributed by atoms with van der Waals surface area (Å²) in [5.41, 5.74) is 1.48. The van der Waals surface area contributed by atoms with Crippen molar-refractivity contribution in [2.75, 3.05) is 39.3 Å². The zero-order valence-corrected chi connectivity index (χ0v) is 22.0. The van der Waals surface area contributed by atoms with Crippen molar-refractivity contribution < 1.29 is 13.2 Å². The molecule has 35 heavy (non-hydrogen) atoms. The third-order valence-corrected chi connectivity index (χ3v) is 9.34. The second kappa shape index (κ2) is 12.0. The predicted molar refractivity (Wildman–Crippen MR) is 140 cm³/mol. The maximum absolute atomic E-state index is 13.2. The first-order valence-corrected chi connectivity index (χ1v) is 14.5. The Kier molecular flexibility index (Phi) is 9.00. The van der Waals surface area contributed by atoms with Crippen LogP contribution in [-0.2, 0) is 10.0 Å². The lowest BCUT2D eigenvalue weighted by Gasteiger charge is -2.35. The summed E-state index contributed by atoms with van der Waals surface area (Å²) in [5.74, 6) is 0.226. The SMILES string of the molecule is CC1CCCN(S(=O)(=O)c2cccc(C(=O)CNCC(c3ccccc3Cl)N3CCCCC3)c2)C1. The predicted octanol–water partition coefficient (Wildman–Crippen LogP) is 4.76. The van der Waals surface area contributed by atoms with Gasteiger partial charge in [0, 0.05) is 36.3 Å². The summed E-state index contributed by atoms with van der Waals surface area (Å²) in [7, 11) is -3.60. The number of hydrogen-bond acceptors (Lipinski definition) is 5. The van der Waals surface area contributed by atoms with Crippen molar-refractivity contribution in [3.05, 3.63) is 64.7 Å². The maximum Gasteiger partial charge on any atom is 0.243 e. The number of hydrogen-bond donors (Lipinski definition) is 1. The number of nitrogens with one attached hydrogen (secondary N) is 1. The van der Waals surface area contributed by atoms with Gasteiger partial charge in [0.15, 0.2) is 5.78 Å². The molecule has 6 nitrogen and oxygen atoms in total. The van der Waals surface area contributed by atoms with Crippen molar-refractivity contribution in [3.8, 4) is 0 Å². The Morgan fingerprint density at radius 3 is 2.57 bits per heavy atom. The Bertz CT molecular complexity index is 1120. The fraction of sp³-hybridized carbons (Fsp3) is 0.519. The molecule has 0 amide bonds. The molecule has 2 saturated heterocycles. The number of carbonyl (C=O) groups excluding carboxylic acids is 1. The van der Waals surface area contributed by atoms with Gasteiger partial charge in [-0.25, -0.2) is 8.42 Å². The number of benzene rings is 2. The zero-order chi connectivity index (χ0) is 24.8. The molecule has 2 aromatic carbocycles. The highest BCUT2D eigenvalue weighted by molar-refractivity contribution is 7.89. The van der Waals surface area contributed by atoms with E-state index in [-0.39, 0.29) is 23.3 Å². The molecule has 0 aliphatic carbocycles. The van der Waals surface area contributed by atoms with Gasteiger partial charge in [-0.15, -0.1) is 0 Å². The van der Waals surface area contributed by atoms with Crippen molar-refractivity contribution in [1.29, 1.82) is 0 Å². The molecule has 0 spiro atoms. The fourth-order valence-corrected chi connectivity index (χ4v) is 7.09. The number of rotatable bonds is 9. The van der Waals surface area contributed by atoms with Gasteiger partial charge in [0.1, 0.15) is 0 Å². The van der Waals surface area contributed by atoms with E-state index in [2.05, 4.69) is 23.2 Å². The minimum atomic E-state index is -3.60. The summed E-state index contributed by atoms with van der Waals surface area (Å²) in [5, 5.41) is 4.06. The summed E-state index contributed by atoms with van der Waals surface area (Å²) < 4.78 is 27.9. The van der Waals surface area contributed by atoms with Crippen LogP contribution in [0.1, 0.15) is 61.0 Å². The van der Waals surface area contributed by atoms with Crippen LogP contribution in [0.15, 0.2) is 53.4 Å². The van der Waals surface area contributed by atoms with E-state index in [9.17, 15) is 13.2 Å². The number of Topliss-reactive ketones (excluding diaryl/α,β-unsaturated/α-hetero) is 1. The van der Waals surface area contributed by atoms with Gasteiger partial charge < -0.3 is 5.32 Å². The van der Waals surface area contributed by atoms with Crippen LogP contribution in [0.3, 0.4) is 0 Å². The summed E-state index contributed by atoms with van der Waals surface area (Å²) in [6.07, 6.45) is 5.48. The lowest BCUT2D eigenvalue weighted by molar-refractivity contribution is 0.0983. The molecule has 8 heteroatoms. The van der Waals surface area contributed by atoms with E-state index in [1.165, 1.54) is 12.5 Å². The summed E-state index contributed by atoms with van der Waals surface area (Å²) in [6.45, 7) is 5.90. The molecule has 2 unspecified atom stereocenters. The smallest absolute Gasteiger partial charge is 0.243 e. The van der Waals surface area contributed by atoms with E-state index >= 15 is 0 Å². The van der Waals surface area contributed by atoms with Gasteiger partial charge in [0.25, 0.3) is 0 Å². The molecule has 2 aliphatic rings. The van der Waals surface area contributed by atoms with E-state index in [0.717, 1.165) is 49.4 Å². The molecule has 2 fully saturated rings. The fourth-order valence-electron chi connectivity index (χ4n) is 5.18. The Morgan fingerprint density at radius 2 is 1.83 bits per heavy atom. The van der Waals surface area contributed by atoms with Crippen molar-refractivity contribution in [2.24, 2.45) is 5.92 Å². The lowest BCUT2D eigenvalue weighted by Crippen LogP contribution is -2.40. The van der Waals surface area contributed by atoms with Crippen LogP contribution < -0.4 is 5.32 Å². The Labute approximate surface area is 214 Å². The number of halogens is 1. The largest absolute Gasteiger partial charge is 0.308 e. The highest BCUT2D eigenvalue weighted by Crippen LogP contribution is 2.29. The van der Waals surface area contributed by atoms with E-state index in [4.69, 9.17) is 11.6 Å². The minimum Gasteiger partial charge on any atom is -0.308 e. The third kappa shape index (κ3) is 6.52. The molecule has 0 bridgehead atoms. The molecule has 0 aromatic heterocycles. The van der Waals surface area contributed by atoms with Gasteiger partial charge >= 0.3 is 0 Å². The van der Waals surface area contributed by atoms with E-state index in [1.807, 2.05) is 18.2 Å². The topological polar surface area (TPSA) is 69.7 Å². The van der Waals surface area contributed by atoms with Crippen LogP contribution in [0.5, 0.6) is 0 Å². The number of carbonyl (C=O) groups is 1. The summed E-state index contributed by atoms with van der Waals surface area (Å²) >= 11 is 6.53. The molecular weight excluding hydrogens is 482 g/mol. The van der Waals surface area contributed by atoms with Gasteiger partial charge in [-0.3, -0.25) is 9.69 Å². The standard InChI is InChI=1S/C27H36ClN3O3S/c1-21-9-8-16-31(20-21)35(33,34)23-11-7-10-22(17-23)27(32)19-29-18-26(30-14-5-2-6-15-30)24-12-3-4-13-25(24)28/h3-4,7,10-13,17,21,26,29H,2,5-6,8-9,14-16,18-20H2,1H3. The van der Waals surface area contributed by atoms with E-state index in [0.29, 0.717) is 31.1 Å². The molecule has 1 N–H and O–H groups in total. The highest BCUT2D eigenvalue weighted by atomic mass is 35.5. The van der Waals surface area contributed by atoms with Crippen molar-refractivity contribution >= 4 is 27.4 Å². The molecule has 0 radical (unpaired) electrons. The van der Waals surface area contributed by atoms with E-state index in [1.54, 1.807) is 22.5 Å². The number of likely N-dealkylation sites (tertiary alicyclic amines) is 1. The summed E-state index contributed by atoms with van der Waals surface area (Å²) in [4.78, 5) is 15.6. The van der Waals surface area contributed by atoms with Crippen molar-refractivity contribution in [2.45, 2.75) is 50.0 Å². The van der Waals surface area contributed by atoms with Gasteiger partial charge in [-0.1, -0.05) is 55.3 Å². The molecule has 0 saturated carbocycles. The molecule has 4 rings (SSSR count). The second-order valence-corrected chi connectivity index (χ2v) is 12.2. The monoisotopic (exact) mass is 517 g/mol. The molecule has 2 aliphatic heterocycles. The minimum absolute atomic E-state index is 0.0876. The second-order valence-electron chi connectivity index (χ2n) is 9.83. The molecule has 2 atom stereocenters. The first-order valence-electron chi connectivity index (χ1n) is 12.7. The molecular formula is C27H36ClN3O3S. The first kappa shape index (κ1) is 26.3. The average molecular weight is 518 g/mol. The number of ketones is 1. The number of sulfonamides is 1. The zero-order valence-electron chi connectivity index (χ0n) is 20.5.